The Bertz CT molecular complexity index is 1230. The van der Waals surface area contributed by atoms with Crippen LogP contribution in [0.3, 0.4) is 0 Å². The number of nitrogens with zero attached hydrogens (tertiary/aromatic N) is 3. The van der Waals surface area contributed by atoms with Gasteiger partial charge in [0.25, 0.3) is 5.91 Å². The Labute approximate surface area is 204 Å². The van der Waals surface area contributed by atoms with Gasteiger partial charge in [-0.1, -0.05) is 29.8 Å². The van der Waals surface area contributed by atoms with Gasteiger partial charge in [-0.25, -0.2) is 4.98 Å². The quantitative estimate of drug-likeness (QED) is 0.449. The number of benzene rings is 2. The van der Waals surface area contributed by atoms with Crippen molar-refractivity contribution in [1.29, 1.82) is 0 Å². The second-order valence-electron chi connectivity index (χ2n) is 9.29. The summed E-state index contributed by atoms with van der Waals surface area (Å²) in [5.74, 6) is 1.87. The number of likely N-dealkylation sites (tertiary alicyclic amines) is 1. The number of amides is 1. The summed E-state index contributed by atoms with van der Waals surface area (Å²) in [5.41, 5.74) is 5.00. The van der Waals surface area contributed by atoms with Crippen molar-refractivity contribution in [2.75, 3.05) is 30.8 Å². The lowest BCUT2D eigenvalue weighted by atomic mass is 9.95. The first-order valence-electron chi connectivity index (χ1n) is 11.7. The summed E-state index contributed by atoms with van der Waals surface area (Å²) in [4.78, 5) is 23.7. The van der Waals surface area contributed by atoms with E-state index in [-0.39, 0.29) is 5.91 Å². The first kappa shape index (κ1) is 22.6. The van der Waals surface area contributed by atoms with Crippen LogP contribution >= 0.6 is 11.6 Å². The lowest BCUT2D eigenvalue weighted by Crippen LogP contribution is -2.39. The Kier molecular flexibility index (Phi) is 6.15. The summed E-state index contributed by atoms with van der Waals surface area (Å²) < 4.78 is 0. The number of aromatic nitrogens is 2. The molecule has 2 bridgehead atoms. The SMILES string of the molecule is CNC(=O)c1ccccc1Nc1nc(Nc2ccc3c(c2)C2CC3CN(C(C)C)C2)ncc1Cl. The van der Waals surface area contributed by atoms with Crippen molar-refractivity contribution in [3.63, 3.8) is 0 Å². The van der Waals surface area contributed by atoms with Crippen molar-refractivity contribution < 1.29 is 4.79 Å². The minimum absolute atomic E-state index is 0.189. The van der Waals surface area contributed by atoms with E-state index < -0.39 is 0 Å². The standard InChI is InChI=1S/C26H29ClN6O/c1-15(2)33-13-16-10-17(14-33)21-11-18(8-9-19(16)21)30-26-29-12-22(27)24(32-26)31-23-7-5-4-6-20(23)25(34)28-3/h4-9,11-12,15-17H,10,13-14H2,1-3H3,(H,28,34)(H2,29,30,31,32). The number of rotatable bonds is 6. The molecule has 34 heavy (non-hydrogen) atoms. The van der Waals surface area contributed by atoms with Gasteiger partial charge >= 0.3 is 0 Å². The normalized spacial score (nSPS) is 19.1. The molecule has 2 aromatic carbocycles. The minimum atomic E-state index is -0.189. The summed E-state index contributed by atoms with van der Waals surface area (Å²) in [6, 6.07) is 14.4. The Balaban J connectivity index is 1.37. The van der Waals surface area contributed by atoms with Gasteiger partial charge in [0.2, 0.25) is 5.95 Å². The number of carbonyl (C=O) groups is 1. The Hall–Kier alpha value is -3.16. The highest BCUT2D eigenvalue weighted by molar-refractivity contribution is 6.33. The number of hydrogen-bond donors (Lipinski definition) is 3. The van der Waals surface area contributed by atoms with Crippen LogP contribution in [0.4, 0.5) is 23.1 Å². The molecule has 2 aliphatic rings. The molecule has 0 radical (unpaired) electrons. The molecule has 5 rings (SSSR count). The van der Waals surface area contributed by atoms with Crippen molar-refractivity contribution in [2.24, 2.45) is 0 Å². The number of fused-ring (bicyclic) bond motifs is 5. The molecule has 1 amide bonds. The molecule has 1 aromatic heterocycles. The molecule has 2 heterocycles. The number of nitrogens with one attached hydrogen (secondary N) is 3. The zero-order valence-electron chi connectivity index (χ0n) is 19.6. The molecule has 1 fully saturated rings. The number of anilines is 4. The average Bonchev–Trinajstić information content (AvgIpc) is 3.09. The van der Waals surface area contributed by atoms with Gasteiger partial charge < -0.3 is 16.0 Å². The maximum absolute atomic E-state index is 12.2. The fourth-order valence-corrected chi connectivity index (χ4v) is 5.22. The molecule has 1 aliphatic heterocycles. The van der Waals surface area contributed by atoms with Gasteiger partial charge in [0.15, 0.2) is 5.82 Å². The van der Waals surface area contributed by atoms with E-state index in [9.17, 15) is 4.79 Å². The molecular formula is C26H29ClN6O. The van der Waals surface area contributed by atoms with Crippen molar-refractivity contribution in [2.45, 2.75) is 38.1 Å². The Morgan fingerprint density at radius 3 is 2.62 bits per heavy atom. The highest BCUT2D eigenvalue weighted by Crippen LogP contribution is 2.47. The van der Waals surface area contributed by atoms with Crippen LogP contribution in [0, 0.1) is 0 Å². The van der Waals surface area contributed by atoms with E-state index in [1.807, 2.05) is 18.2 Å². The van der Waals surface area contributed by atoms with Crippen LogP contribution in [0.1, 0.15) is 53.6 Å². The topological polar surface area (TPSA) is 82.2 Å². The van der Waals surface area contributed by atoms with Crippen molar-refractivity contribution in [1.82, 2.24) is 20.2 Å². The van der Waals surface area contributed by atoms with E-state index in [0.29, 0.717) is 45.9 Å². The molecule has 0 spiro atoms. The fraction of sp³-hybridized carbons (Fsp3) is 0.346. The van der Waals surface area contributed by atoms with Crippen molar-refractivity contribution >= 4 is 40.6 Å². The van der Waals surface area contributed by atoms with Crippen LogP contribution in [0.15, 0.2) is 48.7 Å². The third-order valence-corrected chi connectivity index (χ3v) is 7.10. The van der Waals surface area contributed by atoms with Gasteiger partial charge in [0, 0.05) is 31.9 Å². The maximum atomic E-state index is 12.2. The van der Waals surface area contributed by atoms with Gasteiger partial charge in [0.1, 0.15) is 5.02 Å². The molecule has 2 atom stereocenters. The van der Waals surface area contributed by atoms with E-state index in [1.54, 1.807) is 19.3 Å². The third-order valence-electron chi connectivity index (χ3n) is 6.83. The molecule has 0 saturated carbocycles. The van der Waals surface area contributed by atoms with Crippen LogP contribution in [0.2, 0.25) is 5.02 Å². The van der Waals surface area contributed by atoms with Gasteiger partial charge in [-0.05, 0) is 67.5 Å². The number of para-hydroxylation sites is 1. The predicted molar refractivity (Wildman–Crippen MR) is 137 cm³/mol. The maximum Gasteiger partial charge on any atom is 0.253 e. The van der Waals surface area contributed by atoms with Crippen LogP contribution in [0.25, 0.3) is 0 Å². The fourth-order valence-electron chi connectivity index (χ4n) is 5.08. The Morgan fingerprint density at radius 1 is 1.09 bits per heavy atom. The van der Waals surface area contributed by atoms with Crippen molar-refractivity contribution in [3.8, 4) is 0 Å². The first-order chi connectivity index (χ1) is 16.4. The zero-order valence-corrected chi connectivity index (χ0v) is 20.4. The van der Waals surface area contributed by atoms with Crippen LogP contribution in [0.5, 0.6) is 0 Å². The van der Waals surface area contributed by atoms with Crippen molar-refractivity contribution in [3.05, 3.63) is 70.4 Å². The van der Waals surface area contributed by atoms with E-state index in [2.05, 4.69) is 62.9 Å². The summed E-state index contributed by atoms with van der Waals surface area (Å²) >= 11 is 6.37. The predicted octanol–water partition coefficient (Wildman–Crippen LogP) is 5.27. The highest BCUT2D eigenvalue weighted by atomic mass is 35.5. The monoisotopic (exact) mass is 476 g/mol. The van der Waals surface area contributed by atoms with Crippen LogP contribution in [-0.4, -0.2) is 47.0 Å². The molecular weight excluding hydrogens is 448 g/mol. The number of carbonyl (C=O) groups excluding carboxylic acids is 1. The lowest BCUT2D eigenvalue weighted by Gasteiger charge is -2.35. The number of hydrogen-bond acceptors (Lipinski definition) is 6. The van der Waals surface area contributed by atoms with Gasteiger partial charge in [-0.15, -0.1) is 0 Å². The van der Waals surface area contributed by atoms with Crippen LogP contribution in [-0.2, 0) is 0 Å². The van der Waals surface area contributed by atoms with E-state index in [4.69, 9.17) is 11.6 Å². The molecule has 1 saturated heterocycles. The van der Waals surface area contributed by atoms with E-state index in [1.165, 1.54) is 17.5 Å². The van der Waals surface area contributed by atoms with Gasteiger partial charge in [0.05, 0.1) is 17.4 Å². The summed E-state index contributed by atoms with van der Waals surface area (Å²) in [5, 5.41) is 9.54. The highest BCUT2D eigenvalue weighted by Gasteiger charge is 2.38. The zero-order chi connectivity index (χ0) is 23.8. The molecule has 176 valence electrons. The smallest absolute Gasteiger partial charge is 0.253 e. The molecule has 2 unspecified atom stereocenters. The number of halogens is 1. The van der Waals surface area contributed by atoms with Crippen LogP contribution < -0.4 is 16.0 Å². The largest absolute Gasteiger partial charge is 0.355 e. The lowest BCUT2D eigenvalue weighted by molar-refractivity contribution is 0.0964. The summed E-state index contributed by atoms with van der Waals surface area (Å²) in [6.07, 6.45) is 2.79. The molecule has 3 aromatic rings. The summed E-state index contributed by atoms with van der Waals surface area (Å²) in [7, 11) is 1.60. The first-order valence-corrected chi connectivity index (χ1v) is 12.1. The molecule has 8 heteroatoms. The second kappa shape index (κ2) is 9.24. The third kappa shape index (κ3) is 4.33. The van der Waals surface area contributed by atoms with E-state index in [0.717, 1.165) is 18.8 Å². The minimum Gasteiger partial charge on any atom is -0.355 e. The molecule has 3 N–H and O–H groups in total. The van der Waals surface area contributed by atoms with Gasteiger partial charge in [-0.2, -0.15) is 4.98 Å². The second-order valence-corrected chi connectivity index (χ2v) is 9.69. The van der Waals surface area contributed by atoms with E-state index >= 15 is 0 Å². The van der Waals surface area contributed by atoms with Gasteiger partial charge in [-0.3, -0.25) is 9.69 Å². The molecule has 7 nitrogen and oxygen atoms in total. The average molecular weight is 477 g/mol. The number of piperidine rings is 1. The molecule has 1 aliphatic carbocycles. The Morgan fingerprint density at radius 2 is 1.85 bits per heavy atom. The summed E-state index contributed by atoms with van der Waals surface area (Å²) in [6.45, 7) is 6.81.